The summed E-state index contributed by atoms with van der Waals surface area (Å²) in [5, 5.41) is 7.45. The molecule has 5 nitrogen and oxygen atoms in total. The van der Waals surface area contributed by atoms with E-state index in [0.717, 1.165) is 35.4 Å². The van der Waals surface area contributed by atoms with Crippen LogP contribution in [0.2, 0.25) is 0 Å². The number of hydrogen-bond acceptors (Lipinski definition) is 3. The van der Waals surface area contributed by atoms with Gasteiger partial charge in [-0.1, -0.05) is 6.07 Å². The van der Waals surface area contributed by atoms with Gasteiger partial charge in [0, 0.05) is 37.6 Å². The molecule has 0 spiro atoms. The molecule has 5 heteroatoms. The van der Waals surface area contributed by atoms with Gasteiger partial charge in [-0.05, 0) is 31.4 Å². The van der Waals surface area contributed by atoms with E-state index in [0.29, 0.717) is 12.5 Å². The van der Waals surface area contributed by atoms with Gasteiger partial charge in [0.1, 0.15) is 0 Å². The van der Waals surface area contributed by atoms with Gasteiger partial charge < -0.3 is 5.32 Å². The highest BCUT2D eigenvalue weighted by Crippen LogP contribution is 2.41. The zero-order valence-electron chi connectivity index (χ0n) is 11.8. The lowest BCUT2D eigenvalue weighted by Gasteiger charge is -2.06. The molecule has 1 fully saturated rings. The third-order valence-corrected chi connectivity index (χ3v) is 3.73. The minimum Gasteiger partial charge on any atom is -0.348 e. The van der Waals surface area contributed by atoms with Crippen molar-refractivity contribution in [2.45, 2.75) is 32.2 Å². The molecule has 1 N–H and O–H groups in total. The van der Waals surface area contributed by atoms with E-state index in [-0.39, 0.29) is 5.91 Å². The van der Waals surface area contributed by atoms with Crippen LogP contribution in [0.1, 0.15) is 46.1 Å². The second kappa shape index (κ2) is 5.07. The van der Waals surface area contributed by atoms with Crippen LogP contribution in [-0.4, -0.2) is 20.7 Å². The predicted molar refractivity (Wildman–Crippen MR) is 75.3 cm³/mol. The summed E-state index contributed by atoms with van der Waals surface area (Å²) < 4.78 is 1.80. The maximum absolute atomic E-state index is 12.4. The van der Waals surface area contributed by atoms with E-state index >= 15 is 0 Å². The number of carbonyl (C=O) groups excluding carboxylic acids is 1. The Morgan fingerprint density at radius 2 is 2.30 bits per heavy atom. The molecule has 3 rings (SSSR count). The van der Waals surface area contributed by atoms with Crippen LogP contribution in [0.3, 0.4) is 0 Å². The lowest BCUT2D eigenvalue weighted by molar-refractivity contribution is 0.0949. The number of amides is 1. The molecule has 0 atom stereocenters. The van der Waals surface area contributed by atoms with Crippen LogP contribution < -0.4 is 5.32 Å². The highest BCUT2D eigenvalue weighted by molar-refractivity contribution is 5.96. The summed E-state index contributed by atoms with van der Waals surface area (Å²) in [5.74, 6) is 0.426. The minimum absolute atomic E-state index is 0.0404. The third kappa shape index (κ3) is 2.43. The minimum atomic E-state index is -0.0404. The number of carbonyl (C=O) groups is 1. The van der Waals surface area contributed by atoms with Crippen molar-refractivity contribution in [3.05, 3.63) is 47.0 Å². The fraction of sp³-hybridized carbons (Fsp3) is 0.400. The topological polar surface area (TPSA) is 59.8 Å². The van der Waals surface area contributed by atoms with Crippen LogP contribution in [0.5, 0.6) is 0 Å². The van der Waals surface area contributed by atoms with Gasteiger partial charge in [0.05, 0.1) is 11.3 Å². The molecule has 1 saturated carbocycles. The van der Waals surface area contributed by atoms with Crippen molar-refractivity contribution in [3.63, 3.8) is 0 Å². The first-order valence-corrected chi connectivity index (χ1v) is 6.87. The maximum atomic E-state index is 12.4. The van der Waals surface area contributed by atoms with Crippen molar-refractivity contribution >= 4 is 5.91 Å². The third-order valence-electron chi connectivity index (χ3n) is 3.73. The second-order valence-electron chi connectivity index (χ2n) is 5.29. The predicted octanol–water partition coefficient (Wildman–Crippen LogP) is 1.93. The SMILES string of the molecule is Cc1c(C(=O)NCc2cccnc2)c(C2CC2)nn1C. The van der Waals surface area contributed by atoms with Crippen molar-refractivity contribution in [1.29, 1.82) is 0 Å². The normalized spacial score (nSPS) is 14.3. The zero-order chi connectivity index (χ0) is 14.1. The number of rotatable bonds is 4. The quantitative estimate of drug-likeness (QED) is 0.923. The Balaban J connectivity index is 1.77. The van der Waals surface area contributed by atoms with Gasteiger partial charge in [-0.2, -0.15) is 5.10 Å². The summed E-state index contributed by atoms with van der Waals surface area (Å²) in [6.45, 7) is 2.43. The van der Waals surface area contributed by atoms with E-state index in [9.17, 15) is 4.79 Å². The Morgan fingerprint density at radius 3 is 2.95 bits per heavy atom. The number of pyridine rings is 1. The van der Waals surface area contributed by atoms with E-state index in [4.69, 9.17) is 0 Å². The molecule has 2 aromatic rings. The average Bonchev–Trinajstić information content (AvgIpc) is 3.25. The van der Waals surface area contributed by atoms with Gasteiger partial charge in [0.2, 0.25) is 0 Å². The molecular weight excluding hydrogens is 252 g/mol. The molecule has 1 amide bonds. The van der Waals surface area contributed by atoms with E-state index in [1.54, 1.807) is 17.1 Å². The van der Waals surface area contributed by atoms with Crippen molar-refractivity contribution in [3.8, 4) is 0 Å². The summed E-state index contributed by atoms with van der Waals surface area (Å²) in [7, 11) is 1.89. The molecule has 104 valence electrons. The lowest BCUT2D eigenvalue weighted by atomic mass is 10.1. The van der Waals surface area contributed by atoms with Gasteiger partial charge >= 0.3 is 0 Å². The Kier molecular flexibility index (Phi) is 3.26. The summed E-state index contributed by atoms with van der Waals surface area (Å²) >= 11 is 0. The maximum Gasteiger partial charge on any atom is 0.255 e. The fourth-order valence-electron chi connectivity index (χ4n) is 2.33. The van der Waals surface area contributed by atoms with Crippen molar-refractivity contribution in [1.82, 2.24) is 20.1 Å². The fourth-order valence-corrected chi connectivity index (χ4v) is 2.33. The van der Waals surface area contributed by atoms with Crippen LogP contribution in [0.15, 0.2) is 24.5 Å². The number of aromatic nitrogens is 3. The van der Waals surface area contributed by atoms with E-state index in [1.807, 2.05) is 26.1 Å². The largest absolute Gasteiger partial charge is 0.348 e. The molecule has 2 aromatic heterocycles. The van der Waals surface area contributed by atoms with Crippen molar-refractivity contribution in [2.75, 3.05) is 0 Å². The monoisotopic (exact) mass is 270 g/mol. The number of nitrogens with zero attached hydrogens (tertiary/aromatic N) is 3. The smallest absolute Gasteiger partial charge is 0.255 e. The highest BCUT2D eigenvalue weighted by Gasteiger charge is 2.32. The molecule has 0 bridgehead atoms. The molecule has 0 aliphatic heterocycles. The van der Waals surface area contributed by atoms with Gasteiger partial charge in [0.15, 0.2) is 0 Å². The number of nitrogens with one attached hydrogen (secondary N) is 1. The van der Waals surface area contributed by atoms with Crippen LogP contribution in [-0.2, 0) is 13.6 Å². The second-order valence-corrected chi connectivity index (χ2v) is 5.29. The summed E-state index contributed by atoms with van der Waals surface area (Å²) in [4.78, 5) is 16.5. The van der Waals surface area contributed by atoms with Crippen LogP contribution >= 0.6 is 0 Å². The molecule has 0 saturated heterocycles. The first kappa shape index (κ1) is 12.8. The average molecular weight is 270 g/mol. The van der Waals surface area contributed by atoms with E-state index in [1.165, 1.54) is 0 Å². The van der Waals surface area contributed by atoms with Gasteiger partial charge in [-0.15, -0.1) is 0 Å². The van der Waals surface area contributed by atoms with Gasteiger partial charge in [0.25, 0.3) is 5.91 Å². The lowest BCUT2D eigenvalue weighted by Crippen LogP contribution is -2.24. The zero-order valence-corrected chi connectivity index (χ0v) is 11.8. The molecular formula is C15H18N4O. The first-order chi connectivity index (χ1) is 9.66. The van der Waals surface area contributed by atoms with Crippen molar-refractivity contribution in [2.24, 2.45) is 7.05 Å². The van der Waals surface area contributed by atoms with Crippen LogP contribution in [0, 0.1) is 6.92 Å². The molecule has 0 radical (unpaired) electrons. The molecule has 2 heterocycles. The molecule has 0 unspecified atom stereocenters. The van der Waals surface area contributed by atoms with Crippen LogP contribution in [0.25, 0.3) is 0 Å². The Hall–Kier alpha value is -2.17. The number of aryl methyl sites for hydroxylation is 1. The summed E-state index contributed by atoms with van der Waals surface area (Å²) in [6.07, 6.45) is 5.76. The van der Waals surface area contributed by atoms with Gasteiger partial charge in [-0.25, -0.2) is 0 Å². The van der Waals surface area contributed by atoms with Gasteiger partial charge in [-0.3, -0.25) is 14.5 Å². The number of hydrogen-bond donors (Lipinski definition) is 1. The molecule has 0 aromatic carbocycles. The Labute approximate surface area is 118 Å². The Bertz CT molecular complexity index is 629. The van der Waals surface area contributed by atoms with E-state index in [2.05, 4.69) is 15.4 Å². The van der Waals surface area contributed by atoms with Crippen molar-refractivity contribution < 1.29 is 4.79 Å². The summed E-state index contributed by atoms with van der Waals surface area (Å²) in [5.41, 5.74) is 3.62. The molecule has 20 heavy (non-hydrogen) atoms. The molecule has 1 aliphatic rings. The first-order valence-electron chi connectivity index (χ1n) is 6.87. The highest BCUT2D eigenvalue weighted by atomic mass is 16.1. The van der Waals surface area contributed by atoms with E-state index < -0.39 is 0 Å². The van der Waals surface area contributed by atoms with Crippen LogP contribution in [0.4, 0.5) is 0 Å². The summed E-state index contributed by atoms with van der Waals surface area (Å²) in [6, 6.07) is 3.82. The standard InChI is InChI=1S/C15H18N4O/c1-10-13(14(12-5-6-12)18-19(10)2)15(20)17-9-11-4-3-7-16-8-11/h3-4,7-8,12H,5-6,9H2,1-2H3,(H,17,20). The molecule has 1 aliphatic carbocycles. The Morgan fingerprint density at radius 1 is 1.50 bits per heavy atom.